The van der Waals surface area contributed by atoms with E-state index in [0.717, 1.165) is 12.8 Å². The first kappa shape index (κ1) is 21.4. The lowest BCUT2D eigenvalue weighted by atomic mass is 9.77. The van der Waals surface area contributed by atoms with Gasteiger partial charge in [-0.25, -0.2) is 4.79 Å². The van der Waals surface area contributed by atoms with E-state index in [4.69, 9.17) is 13.9 Å². The van der Waals surface area contributed by atoms with Gasteiger partial charge in [-0.3, -0.25) is 9.59 Å². The lowest BCUT2D eigenvalue weighted by Crippen LogP contribution is -2.45. The number of rotatable bonds is 5. The van der Waals surface area contributed by atoms with Gasteiger partial charge in [0.05, 0.1) is 13.0 Å². The maximum atomic E-state index is 12.7. The number of hydrogen-bond donors (Lipinski definition) is 0. The number of benzene rings is 1. The lowest BCUT2D eigenvalue weighted by molar-refractivity contribution is -0.149. The molecule has 7 nitrogen and oxygen atoms in total. The number of carbonyl (C=O) groups excluding carboxylic acids is 2. The molecule has 0 unspecified atom stereocenters. The second kappa shape index (κ2) is 8.73. The Labute approximate surface area is 181 Å². The summed E-state index contributed by atoms with van der Waals surface area (Å²) in [5.74, 6) is 0.741. The minimum atomic E-state index is -0.519. The first-order valence-electron chi connectivity index (χ1n) is 10.9. The van der Waals surface area contributed by atoms with Crippen LogP contribution in [0.15, 0.2) is 33.5 Å². The molecule has 166 valence electrons. The molecule has 2 aliphatic rings. The van der Waals surface area contributed by atoms with Gasteiger partial charge in [0.25, 0.3) is 0 Å². The highest BCUT2D eigenvalue weighted by Gasteiger charge is 2.42. The molecule has 4 rings (SSSR count). The van der Waals surface area contributed by atoms with Gasteiger partial charge in [0.1, 0.15) is 17.9 Å². The summed E-state index contributed by atoms with van der Waals surface area (Å²) in [6.45, 7) is 4.80. The number of esters is 1. The van der Waals surface area contributed by atoms with E-state index in [9.17, 15) is 14.4 Å². The summed E-state index contributed by atoms with van der Waals surface area (Å²) in [5.41, 5.74) is 0.424. The zero-order chi connectivity index (χ0) is 22.1. The molecule has 1 aliphatic heterocycles. The van der Waals surface area contributed by atoms with Crippen LogP contribution in [-0.4, -0.2) is 36.5 Å². The van der Waals surface area contributed by atoms with Gasteiger partial charge in [-0.2, -0.15) is 0 Å². The Morgan fingerprint density at radius 3 is 2.77 bits per heavy atom. The van der Waals surface area contributed by atoms with Crippen LogP contribution in [0.2, 0.25) is 0 Å². The van der Waals surface area contributed by atoms with Crippen molar-refractivity contribution >= 4 is 22.8 Å². The zero-order valence-corrected chi connectivity index (χ0v) is 18.3. The molecular weight excluding hydrogens is 398 g/mol. The van der Waals surface area contributed by atoms with Crippen molar-refractivity contribution in [2.24, 2.45) is 17.8 Å². The second-order valence-corrected chi connectivity index (χ2v) is 8.84. The summed E-state index contributed by atoms with van der Waals surface area (Å²) in [5, 5.41) is 0.683. The SMILES string of the molecule is COc1ccc2c(COC(=O)[C@@H]3CC(=O)N([C@H]4CCC[C@H](C)[C@H]4C)C3)cc(=O)oc2c1. The summed E-state index contributed by atoms with van der Waals surface area (Å²) in [4.78, 5) is 39.2. The Kier molecular flexibility index (Phi) is 6.03. The van der Waals surface area contributed by atoms with E-state index >= 15 is 0 Å². The molecule has 1 aromatic heterocycles. The summed E-state index contributed by atoms with van der Waals surface area (Å²) < 4.78 is 15.9. The van der Waals surface area contributed by atoms with Gasteiger partial charge in [-0.1, -0.05) is 26.7 Å². The van der Waals surface area contributed by atoms with Gasteiger partial charge in [-0.05, 0) is 30.4 Å². The third kappa shape index (κ3) is 4.31. The highest BCUT2D eigenvalue weighted by Crippen LogP contribution is 2.36. The smallest absolute Gasteiger partial charge is 0.336 e. The number of nitrogens with zero attached hydrogens (tertiary/aromatic N) is 1. The molecule has 31 heavy (non-hydrogen) atoms. The number of ether oxygens (including phenoxy) is 2. The number of likely N-dealkylation sites (tertiary alicyclic amines) is 1. The maximum Gasteiger partial charge on any atom is 0.336 e. The predicted molar refractivity (Wildman–Crippen MR) is 115 cm³/mol. The summed E-state index contributed by atoms with van der Waals surface area (Å²) in [6.07, 6.45) is 3.49. The van der Waals surface area contributed by atoms with Crippen molar-refractivity contribution in [1.29, 1.82) is 0 Å². The normalized spacial score (nSPS) is 26.3. The Balaban J connectivity index is 1.44. The molecule has 1 aliphatic carbocycles. The maximum absolute atomic E-state index is 12.7. The first-order valence-corrected chi connectivity index (χ1v) is 10.9. The summed E-state index contributed by atoms with van der Waals surface area (Å²) in [7, 11) is 1.53. The molecule has 2 heterocycles. The van der Waals surface area contributed by atoms with Crippen LogP contribution in [0, 0.1) is 17.8 Å². The average Bonchev–Trinajstić information content (AvgIpc) is 3.14. The fraction of sp³-hybridized carbons (Fsp3) is 0.542. The minimum absolute atomic E-state index is 0.0331. The van der Waals surface area contributed by atoms with Crippen LogP contribution < -0.4 is 10.4 Å². The van der Waals surface area contributed by atoms with Crippen molar-refractivity contribution in [3.8, 4) is 5.75 Å². The fourth-order valence-corrected chi connectivity index (χ4v) is 4.93. The van der Waals surface area contributed by atoms with Crippen molar-refractivity contribution < 1.29 is 23.5 Å². The average molecular weight is 427 g/mol. The summed E-state index contributed by atoms with van der Waals surface area (Å²) in [6, 6.07) is 6.69. The van der Waals surface area contributed by atoms with Crippen molar-refractivity contribution in [2.75, 3.05) is 13.7 Å². The number of methoxy groups -OCH3 is 1. The molecule has 4 atom stereocenters. The number of amides is 1. The molecule has 7 heteroatoms. The quantitative estimate of drug-likeness (QED) is 0.536. The van der Waals surface area contributed by atoms with Crippen LogP contribution in [0.4, 0.5) is 0 Å². The van der Waals surface area contributed by atoms with Crippen LogP contribution in [0.5, 0.6) is 5.75 Å². The molecule has 2 fully saturated rings. The van der Waals surface area contributed by atoms with E-state index in [0.29, 0.717) is 40.7 Å². The van der Waals surface area contributed by atoms with Gasteiger partial charge < -0.3 is 18.8 Å². The molecule has 0 radical (unpaired) electrons. The van der Waals surface area contributed by atoms with Crippen LogP contribution in [-0.2, 0) is 20.9 Å². The molecule has 0 N–H and O–H groups in total. The van der Waals surface area contributed by atoms with Crippen molar-refractivity contribution in [3.63, 3.8) is 0 Å². The van der Waals surface area contributed by atoms with E-state index in [1.165, 1.54) is 19.6 Å². The Bertz CT molecular complexity index is 1040. The van der Waals surface area contributed by atoms with Gasteiger partial charge >= 0.3 is 11.6 Å². The minimum Gasteiger partial charge on any atom is -0.497 e. The molecule has 1 amide bonds. The molecule has 2 aromatic rings. The predicted octanol–water partition coefficient (Wildman–Crippen LogP) is 3.52. The number of carbonyl (C=O) groups is 2. The Morgan fingerprint density at radius 1 is 1.19 bits per heavy atom. The van der Waals surface area contributed by atoms with E-state index in [1.807, 2.05) is 4.90 Å². The monoisotopic (exact) mass is 427 g/mol. The number of fused-ring (bicyclic) bond motifs is 1. The van der Waals surface area contributed by atoms with E-state index < -0.39 is 17.5 Å². The molecule has 1 saturated heterocycles. The molecule has 1 saturated carbocycles. The van der Waals surface area contributed by atoms with Gasteiger partial charge in [-0.15, -0.1) is 0 Å². The number of hydrogen-bond acceptors (Lipinski definition) is 6. The third-order valence-corrected chi connectivity index (χ3v) is 6.96. The second-order valence-electron chi connectivity index (χ2n) is 8.84. The van der Waals surface area contributed by atoms with Gasteiger partial charge in [0.2, 0.25) is 5.91 Å². The largest absolute Gasteiger partial charge is 0.497 e. The van der Waals surface area contributed by atoms with Crippen LogP contribution >= 0.6 is 0 Å². The molecule has 0 bridgehead atoms. The highest BCUT2D eigenvalue weighted by molar-refractivity contribution is 5.87. The molecular formula is C24H29NO6. The van der Waals surface area contributed by atoms with Gasteiger partial charge in [0.15, 0.2) is 0 Å². The van der Waals surface area contributed by atoms with Crippen molar-refractivity contribution in [1.82, 2.24) is 4.90 Å². The zero-order valence-electron chi connectivity index (χ0n) is 18.3. The van der Waals surface area contributed by atoms with Crippen LogP contribution in [0.3, 0.4) is 0 Å². The summed E-state index contributed by atoms with van der Waals surface area (Å²) >= 11 is 0. The van der Waals surface area contributed by atoms with Crippen molar-refractivity contribution in [3.05, 3.63) is 40.2 Å². The van der Waals surface area contributed by atoms with Gasteiger partial charge in [0, 0.05) is 42.1 Å². The van der Waals surface area contributed by atoms with E-state index in [-0.39, 0.29) is 25.0 Å². The molecule has 0 spiro atoms. The van der Waals surface area contributed by atoms with E-state index in [1.54, 1.807) is 18.2 Å². The van der Waals surface area contributed by atoms with E-state index in [2.05, 4.69) is 13.8 Å². The third-order valence-electron chi connectivity index (χ3n) is 6.96. The molecule has 1 aromatic carbocycles. The van der Waals surface area contributed by atoms with Crippen molar-refractivity contribution in [2.45, 2.75) is 52.2 Å². The lowest BCUT2D eigenvalue weighted by Gasteiger charge is -2.39. The Hall–Kier alpha value is -2.83. The Morgan fingerprint density at radius 2 is 2.00 bits per heavy atom. The topological polar surface area (TPSA) is 86.0 Å². The first-order chi connectivity index (χ1) is 14.9. The standard InChI is InChI=1S/C24H29NO6/c1-14-5-4-6-20(15(14)2)25-12-16(9-22(25)26)24(28)30-13-17-10-23(27)31-21-11-18(29-3)7-8-19(17)21/h7-8,10-11,14-16,20H,4-6,9,12-13H2,1-3H3/t14-,15+,16+,20-/m0/s1. The fourth-order valence-electron chi connectivity index (χ4n) is 4.93. The highest BCUT2D eigenvalue weighted by atomic mass is 16.5. The van der Waals surface area contributed by atoms with Crippen LogP contribution in [0.1, 0.15) is 45.1 Å². The van der Waals surface area contributed by atoms with Crippen LogP contribution in [0.25, 0.3) is 11.0 Å².